The maximum Gasteiger partial charge on any atom is 0.330 e. The first-order chi connectivity index (χ1) is 11.7. The molecule has 0 bridgehead atoms. The standard InChI is InChI=1S/C20H20O2S2/c1-3-22-19(21)13-12-16(15-10-8-14(2)9-11-15)20-23-17-6-4-5-7-18(17)24-20/h4-13,16,20H,3H2,1-2H3/b13-12+. The highest BCUT2D eigenvalue weighted by Gasteiger charge is 2.30. The van der Waals surface area contributed by atoms with Gasteiger partial charge in [0.05, 0.1) is 11.2 Å². The lowest BCUT2D eigenvalue weighted by Gasteiger charge is -2.19. The van der Waals surface area contributed by atoms with E-state index in [0.29, 0.717) is 11.2 Å². The quantitative estimate of drug-likeness (QED) is 0.528. The first-order valence-electron chi connectivity index (χ1n) is 8.01. The summed E-state index contributed by atoms with van der Waals surface area (Å²) in [6.07, 6.45) is 3.55. The van der Waals surface area contributed by atoms with Gasteiger partial charge in [-0.2, -0.15) is 0 Å². The monoisotopic (exact) mass is 356 g/mol. The Labute approximate surface area is 151 Å². The summed E-state index contributed by atoms with van der Waals surface area (Å²) in [6.45, 7) is 4.31. The van der Waals surface area contributed by atoms with Crippen LogP contribution in [-0.4, -0.2) is 17.2 Å². The molecule has 0 saturated heterocycles. The largest absolute Gasteiger partial charge is 0.463 e. The number of esters is 1. The predicted molar refractivity (Wildman–Crippen MR) is 102 cm³/mol. The van der Waals surface area contributed by atoms with Crippen LogP contribution in [-0.2, 0) is 9.53 Å². The molecule has 0 spiro atoms. The average molecular weight is 357 g/mol. The van der Waals surface area contributed by atoms with Crippen molar-refractivity contribution < 1.29 is 9.53 Å². The van der Waals surface area contributed by atoms with Crippen LogP contribution >= 0.6 is 23.5 Å². The Balaban J connectivity index is 1.85. The Kier molecular flexibility index (Phi) is 5.69. The fourth-order valence-corrected chi connectivity index (χ4v) is 5.66. The molecule has 0 N–H and O–H groups in total. The van der Waals surface area contributed by atoms with Crippen molar-refractivity contribution in [3.05, 3.63) is 71.8 Å². The zero-order chi connectivity index (χ0) is 16.9. The van der Waals surface area contributed by atoms with Crippen LogP contribution in [0.1, 0.15) is 24.0 Å². The number of thioether (sulfide) groups is 2. The highest BCUT2D eigenvalue weighted by Crippen LogP contribution is 2.53. The van der Waals surface area contributed by atoms with Crippen LogP contribution in [0.25, 0.3) is 0 Å². The van der Waals surface area contributed by atoms with Crippen LogP contribution in [0.3, 0.4) is 0 Å². The fraction of sp³-hybridized carbons (Fsp3) is 0.250. The predicted octanol–water partition coefficient (Wildman–Crippen LogP) is 5.42. The number of carbonyl (C=O) groups excluding carboxylic acids is 1. The van der Waals surface area contributed by atoms with Crippen molar-refractivity contribution >= 4 is 29.5 Å². The van der Waals surface area contributed by atoms with Gasteiger partial charge in [-0.3, -0.25) is 0 Å². The van der Waals surface area contributed by atoms with Crippen LogP contribution in [0.5, 0.6) is 0 Å². The number of benzene rings is 2. The van der Waals surface area contributed by atoms with E-state index in [1.807, 2.05) is 36.5 Å². The molecule has 1 unspecified atom stereocenters. The minimum absolute atomic E-state index is 0.150. The highest BCUT2D eigenvalue weighted by atomic mass is 32.2. The molecule has 0 saturated carbocycles. The van der Waals surface area contributed by atoms with Crippen molar-refractivity contribution in [2.24, 2.45) is 0 Å². The molecule has 2 aromatic rings. The SMILES string of the molecule is CCOC(=O)/C=C/C(c1ccc(C)cc1)C1Sc2ccccc2S1. The lowest BCUT2D eigenvalue weighted by Crippen LogP contribution is -2.09. The molecule has 1 heterocycles. The van der Waals surface area contributed by atoms with Gasteiger partial charge in [0.1, 0.15) is 0 Å². The van der Waals surface area contributed by atoms with Crippen molar-refractivity contribution in [2.75, 3.05) is 6.61 Å². The third-order valence-corrected chi connectivity index (χ3v) is 6.79. The molecule has 1 aliphatic heterocycles. The van der Waals surface area contributed by atoms with E-state index in [-0.39, 0.29) is 11.9 Å². The van der Waals surface area contributed by atoms with E-state index in [4.69, 9.17) is 4.74 Å². The second kappa shape index (κ2) is 7.95. The number of hydrogen-bond acceptors (Lipinski definition) is 4. The fourth-order valence-electron chi connectivity index (χ4n) is 2.59. The zero-order valence-corrected chi connectivity index (χ0v) is 15.4. The second-order valence-electron chi connectivity index (χ2n) is 5.60. The molecule has 0 fully saturated rings. The van der Waals surface area contributed by atoms with E-state index in [1.54, 1.807) is 6.08 Å². The van der Waals surface area contributed by atoms with Crippen LogP contribution < -0.4 is 0 Å². The highest BCUT2D eigenvalue weighted by molar-refractivity contribution is 8.19. The van der Waals surface area contributed by atoms with Crippen molar-refractivity contribution in [1.82, 2.24) is 0 Å². The number of hydrogen-bond donors (Lipinski definition) is 0. The molecule has 2 aromatic carbocycles. The topological polar surface area (TPSA) is 26.3 Å². The number of fused-ring (bicyclic) bond motifs is 1. The minimum Gasteiger partial charge on any atom is -0.463 e. The van der Waals surface area contributed by atoms with E-state index in [9.17, 15) is 4.79 Å². The summed E-state index contributed by atoms with van der Waals surface area (Å²) < 4.78 is 5.35. The third kappa shape index (κ3) is 4.05. The van der Waals surface area contributed by atoms with E-state index in [0.717, 1.165) is 0 Å². The lowest BCUT2D eigenvalue weighted by atomic mass is 9.99. The van der Waals surface area contributed by atoms with Crippen molar-refractivity contribution in [1.29, 1.82) is 0 Å². The van der Waals surface area contributed by atoms with Gasteiger partial charge in [-0.25, -0.2) is 4.79 Å². The molecule has 0 aromatic heterocycles. The molecule has 0 aliphatic carbocycles. The second-order valence-corrected chi connectivity index (χ2v) is 8.26. The summed E-state index contributed by atoms with van der Waals surface area (Å²) in [5.41, 5.74) is 2.46. The Bertz CT molecular complexity index is 713. The lowest BCUT2D eigenvalue weighted by molar-refractivity contribution is -0.137. The van der Waals surface area contributed by atoms with E-state index in [1.165, 1.54) is 20.9 Å². The molecule has 24 heavy (non-hydrogen) atoms. The van der Waals surface area contributed by atoms with Gasteiger partial charge < -0.3 is 4.74 Å². The summed E-state index contributed by atoms with van der Waals surface area (Å²) in [4.78, 5) is 14.4. The summed E-state index contributed by atoms with van der Waals surface area (Å²) >= 11 is 3.74. The molecule has 4 heteroatoms. The number of carbonyl (C=O) groups is 1. The smallest absolute Gasteiger partial charge is 0.330 e. The third-order valence-electron chi connectivity index (χ3n) is 3.82. The van der Waals surface area contributed by atoms with Crippen LogP contribution in [0, 0.1) is 6.92 Å². The minimum atomic E-state index is -0.278. The summed E-state index contributed by atoms with van der Waals surface area (Å²) in [6, 6.07) is 17.0. The molecule has 124 valence electrons. The Hall–Kier alpha value is -1.65. The van der Waals surface area contributed by atoms with Crippen LogP contribution in [0.4, 0.5) is 0 Å². The Morgan fingerprint density at radius 2 is 1.75 bits per heavy atom. The van der Waals surface area contributed by atoms with E-state index in [2.05, 4.69) is 55.5 Å². The number of rotatable bonds is 5. The van der Waals surface area contributed by atoms with Crippen LogP contribution in [0.2, 0.25) is 0 Å². The number of ether oxygens (including phenoxy) is 1. The van der Waals surface area contributed by atoms with Gasteiger partial charge in [0.2, 0.25) is 0 Å². The average Bonchev–Trinajstić information content (AvgIpc) is 3.00. The molecule has 3 rings (SSSR count). The molecule has 0 radical (unpaired) electrons. The van der Waals surface area contributed by atoms with Gasteiger partial charge >= 0.3 is 5.97 Å². The zero-order valence-electron chi connectivity index (χ0n) is 13.8. The number of aryl methyl sites for hydroxylation is 1. The normalized spacial score (nSPS) is 15.4. The van der Waals surface area contributed by atoms with Gasteiger partial charge in [-0.15, -0.1) is 23.5 Å². The first-order valence-corrected chi connectivity index (χ1v) is 9.77. The summed E-state index contributed by atoms with van der Waals surface area (Å²) in [5.74, 6) is -0.127. The maximum absolute atomic E-state index is 11.7. The Morgan fingerprint density at radius 3 is 2.33 bits per heavy atom. The van der Waals surface area contributed by atoms with Crippen LogP contribution in [0.15, 0.2) is 70.5 Å². The molecular formula is C20H20O2S2. The molecule has 0 amide bonds. The van der Waals surface area contributed by atoms with Gasteiger partial charge in [0.25, 0.3) is 0 Å². The van der Waals surface area contributed by atoms with Gasteiger partial charge in [-0.1, -0.05) is 48.0 Å². The molecular weight excluding hydrogens is 336 g/mol. The van der Waals surface area contributed by atoms with Gasteiger partial charge in [-0.05, 0) is 31.5 Å². The molecule has 1 aliphatic rings. The summed E-state index contributed by atoms with van der Waals surface area (Å²) in [7, 11) is 0. The van der Waals surface area contributed by atoms with E-state index >= 15 is 0 Å². The van der Waals surface area contributed by atoms with Crippen molar-refractivity contribution in [3.8, 4) is 0 Å². The molecule has 2 nitrogen and oxygen atoms in total. The molecule has 1 atom stereocenters. The number of allylic oxidation sites excluding steroid dienone is 1. The summed E-state index contributed by atoms with van der Waals surface area (Å²) in [5, 5.41) is 0. The van der Waals surface area contributed by atoms with Crippen molar-refractivity contribution in [2.45, 2.75) is 34.1 Å². The van der Waals surface area contributed by atoms with Crippen molar-refractivity contribution in [3.63, 3.8) is 0 Å². The van der Waals surface area contributed by atoms with Gasteiger partial charge in [0.15, 0.2) is 0 Å². The maximum atomic E-state index is 11.7. The van der Waals surface area contributed by atoms with E-state index < -0.39 is 0 Å². The van der Waals surface area contributed by atoms with Gasteiger partial charge in [0, 0.05) is 21.8 Å². The Morgan fingerprint density at radius 1 is 1.12 bits per heavy atom. The first kappa shape index (κ1) is 17.2.